The zero-order valence-corrected chi connectivity index (χ0v) is 16.8. The molecule has 0 spiro atoms. The average molecular weight is 431 g/mol. The fourth-order valence-corrected chi connectivity index (χ4v) is 3.92. The van der Waals surface area contributed by atoms with Crippen LogP contribution in [0.3, 0.4) is 0 Å². The van der Waals surface area contributed by atoms with Gasteiger partial charge in [-0.15, -0.1) is 0 Å². The molecule has 1 aliphatic rings. The lowest BCUT2D eigenvalue weighted by atomic mass is 10.2. The maximum absolute atomic E-state index is 12.9. The number of carbonyl (C=O) groups excluding carboxylic acids is 1. The largest absolute Gasteiger partial charge is 0.385 e. The summed E-state index contributed by atoms with van der Waals surface area (Å²) in [6, 6.07) is 17.5. The van der Waals surface area contributed by atoms with Crippen molar-refractivity contribution in [3.63, 3.8) is 0 Å². The first-order valence-corrected chi connectivity index (χ1v) is 9.88. The number of amidine groups is 1. The molecule has 26 heavy (non-hydrogen) atoms. The molecule has 3 rings (SSSR count). The molecule has 1 amide bonds. The van der Waals surface area contributed by atoms with Gasteiger partial charge in [0.15, 0.2) is 5.17 Å². The van der Waals surface area contributed by atoms with Crippen LogP contribution in [0.4, 0.5) is 5.69 Å². The van der Waals surface area contributed by atoms with Crippen LogP contribution >= 0.6 is 27.7 Å². The summed E-state index contributed by atoms with van der Waals surface area (Å²) in [5.41, 5.74) is 1.81. The summed E-state index contributed by atoms with van der Waals surface area (Å²) in [5.74, 6) is -0.0171. The molecule has 0 radical (unpaired) electrons. The zero-order chi connectivity index (χ0) is 18.4. The summed E-state index contributed by atoms with van der Waals surface area (Å²) < 4.78 is 6.08. The Morgan fingerprint density at radius 1 is 1.15 bits per heavy atom. The number of carbonyl (C=O) groups is 1. The van der Waals surface area contributed by atoms with Crippen molar-refractivity contribution >= 4 is 50.5 Å². The second-order valence-electron chi connectivity index (χ2n) is 5.67. The Kier molecular flexibility index (Phi) is 6.66. The minimum absolute atomic E-state index is 0.0171. The van der Waals surface area contributed by atoms with Gasteiger partial charge in [-0.3, -0.25) is 9.69 Å². The summed E-state index contributed by atoms with van der Waals surface area (Å²) in [6.07, 6.45) is 2.67. The SMILES string of the molecule is COCCCN1C(=O)/C(=C/c2ccccc2Br)SC1=Nc1ccccc1. The number of nitrogens with zero attached hydrogens (tertiary/aromatic N) is 2. The van der Waals surface area contributed by atoms with Gasteiger partial charge < -0.3 is 4.74 Å². The van der Waals surface area contributed by atoms with E-state index < -0.39 is 0 Å². The number of aliphatic imine (C=N–C) groups is 1. The molecule has 1 fully saturated rings. The molecular formula is C20H19BrN2O2S. The van der Waals surface area contributed by atoms with Gasteiger partial charge in [0, 0.05) is 24.7 Å². The van der Waals surface area contributed by atoms with E-state index in [-0.39, 0.29) is 5.91 Å². The predicted octanol–water partition coefficient (Wildman–Crippen LogP) is 5.09. The minimum atomic E-state index is -0.0171. The highest BCUT2D eigenvalue weighted by molar-refractivity contribution is 9.10. The van der Waals surface area contributed by atoms with E-state index in [2.05, 4.69) is 20.9 Å². The standard InChI is InChI=1S/C20H19BrN2O2S/c1-25-13-7-12-23-19(24)18(14-15-8-5-6-11-17(15)21)26-20(23)22-16-9-3-2-4-10-16/h2-6,8-11,14H,7,12-13H2,1H3/b18-14-,22-20?. The van der Waals surface area contributed by atoms with Gasteiger partial charge in [0.05, 0.1) is 10.6 Å². The van der Waals surface area contributed by atoms with Crippen LogP contribution in [0.5, 0.6) is 0 Å². The Balaban J connectivity index is 1.91. The molecule has 134 valence electrons. The first kappa shape index (κ1) is 18.9. The first-order chi connectivity index (χ1) is 12.7. The monoisotopic (exact) mass is 430 g/mol. The van der Waals surface area contributed by atoms with Gasteiger partial charge in [0.2, 0.25) is 0 Å². The third kappa shape index (κ3) is 4.63. The number of para-hydroxylation sites is 1. The zero-order valence-electron chi connectivity index (χ0n) is 14.4. The lowest BCUT2D eigenvalue weighted by Crippen LogP contribution is -2.30. The topological polar surface area (TPSA) is 41.9 Å². The predicted molar refractivity (Wildman–Crippen MR) is 111 cm³/mol. The molecule has 0 aromatic heterocycles. The number of ether oxygens (including phenoxy) is 1. The average Bonchev–Trinajstić information content (AvgIpc) is 2.93. The molecule has 0 saturated carbocycles. The lowest BCUT2D eigenvalue weighted by Gasteiger charge is -2.15. The number of thioether (sulfide) groups is 1. The van der Waals surface area contributed by atoms with E-state index in [0.29, 0.717) is 23.2 Å². The molecule has 1 heterocycles. The Labute approximate surface area is 166 Å². The molecule has 0 bridgehead atoms. The van der Waals surface area contributed by atoms with Crippen molar-refractivity contribution in [2.24, 2.45) is 4.99 Å². The van der Waals surface area contributed by atoms with E-state index >= 15 is 0 Å². The van der Waals surface area contributed by atoms with Gasteiger partial charge in [-0.25, -0.2) is 4.99 Å². The Hall–Kier alpha value is -1.89. The number of hydrogen-bond acceptors (Lipinski definition) is 4. The molecule has 2 aromatic carbocycles. The number of hydrogen-bond donors (Lipinski definition) is 0. The number of halogens is 1. The Bertz CT molecular complexity index is 837. The van der Waals surface area contributed by atoms with E-state index in [1.54, 1.807) is 12.0 Å². The van der Waals surface area contributed by atoms with Crippen molar-refractivity contribution < 1.29 is 9.53 Å². The highest BCUT2D eigenvalue weighted by atomic mass is 79.9. The normalized spacial score (nSPS) is 17.5. The molecule has 2 aromatic rings. The van der Waals surface area contributed by atoms with E-state index in [4.69, 9.17) is 4.74 Å². The number of rotatable bonds is 6. The minimum Gasteiger partial charge on any atom is -0.385 e. The first-order valence-electron chi connectivity index (χ1n) is 8.27. The lowest BCUT2D eigenvalue weighted by molar-refractivity contribution is -0.122. The maximum Gasteiger partial charge on any atom is 0.266 e. The third-order valence-electron chi connectivity index (χ3n) is 3.79. The van der Waals surface area contributed by atoms with Gasteiger partial charge >= 0.3 is 0 Å². The third-order valence-corrected chi connectivity index (χ3v) is 5.52. The van der Waals surface area contributed by atoms with E-state index in [1.165, 1.54) is 11.8 Å². The molecule has 0 atom stereocenters. The van der Waals surface area contributed by atoms with Crippen LogP contribution in [0, 0.1) is 0 Å². The number of methoxy groups -OCH3 is 1. The van der Waals surface area contributed by atoms with Crippen LogP contribution in [-0.2, 0) is 9.53 Å². The highest BCUT2D eigenvalue weighted by Crippen LogP contribution is 2.35. The van der Waals surface area contributed by atoms with Gasteiger partial charge in [-0.2, -0.15) is 0 Å². The van der Waals surface area contributed by atoms with Crippen LogP contribution in [0.2, 0.25) is 0 Å². The Morgan fingerprint density at radius 2 is 1.88 bits per heavy atom. The van der Waals surface area contributed by atoms with Crippen molar-refractivity contribution in [3.05, 3.63) is 69.5 Å². The quantitative estimate of drug-likeness (QED) is 0.473. The van der Waals surface area contributed by atoms with Gasteiger partial charge in [-0.05, 0) is 48.0 Å². The van der Waals surface area contributed by atoms with Crippen molar-refractivity contribution in [1.82, 2.24) is 4.90 Å². The van der Waals surface area contributed by atoms with E-state index in [1.807, 2.05) is 60.7 Å². The second-order valence-corrected chi connectivity index (χ2v) is 7.53. The fourth-order valence-electron chi connectivity index (χ4n) is 2.50. The molecule has 6 heteroatoms. The van der Waals surface area contributed by atoms with Crippen LogP contribution < -0.4 is 0 Å². The summed E-state index contributed by atoms with van der Waals surface area (Å²) in [4.78, 5) is 20.0. The number of benzene rings is 2. The smallest absolute Gasteiger partial charge is 0.266 e. The van der Waals surface area contributed by atoms with Crippen LogP contribution in [-0.4, -0.2) is 36.2 Å². The van der Waals surface area contributed by atoms with Crippen molar-refractivity contribution in [1.29, 1.82) is 0 Å². The molecular weight excluding hydrogens is 412 g/mol. The van der Waals surface area contributed by atoms with Gasteiger partial charge in [-0.1, -0.05) is 52.3 Å². The second kappa shape index (κ2) is 9.16. The van der Waals surface area contributed by atoms with Crippen LogP contribution in [0.15, 0.2) is 69.0 Å². The summed E-state index contributed by atoms with van der Waals surface area (Å²) >= 11 is 4.94. The molecule has 0 aliphatic carbocycles. The summed E-state index contributed by atoms with van der Waals surface area (Å²) in [6.45, 7) is 1.19. The fraction of sp³-hybridized carbons (Fsp3) is 0.200. The van der Waals surface area contributed by atoms with Gasteiger partial charge in [0.1, 0.15) is 0 Å². The number of amides is 1. The van der Waals surface area contributed by atoms with E-state index in [9.17, 15) is 4.79 Å². The van der Waals surface area contributed by atoms with Crippen molar-refractivity contribution in [2.75, 3.05) is 20.3 Å². The molecule has 1 saturated heterocycles. The molecule has 0 N–H and O–H groups in total. The Morgan fingerprint density at radius 3 is 2.62 bits per heavy atom. The summed E-state index contributed by atoms with van der Waals surface area (Å²) in [5, 5.41) is 0.704. The maximum atomic E-state index is 12.9. The van der Waals surface area contributed by atoms with Crippen LogP contribution in [0.1, 0.15) is 12.0 Å². The summed E-state index contributed by atoms with van der Waals surface area (Å²) in [7, 11) is 1.66. The van der Waals surface area contributed by atoms with Crippen molar-refractivity contribution in [3.8, 4) is 0 Å². The van der Waals surface area contributed by atoms with Crippen LogP contribution in [0.25, 0.3) is 6.08 Å². The van der Waals surface area contributed by atoms with Crippen molar-refractivity contribution in [2.45, 2.75) is 6.42 Å². The molecule has 1 aliphatic heterocycles. The highest BCUT2D eigenvalue weighted by Gasteiger charge is 2.33. The van der Waals surface area contributed by atoms with Gasteiger partial charge in [0.25, 0.3) is 5.91 Å². The molecule has 0 unspecified atom stereocenters. The molecule has 4 nitrogen and oxygen atoms in total. The van der Waals surface area contributed by atoms with E-state index in [0.717, 1.165) is 22.1 Å².